The van der Waals surface area contributed by atoms with E-state index in [-0.39, 0.29) is 0 Å². The standard InChI is InChI=1S/C16H12F3N3O3/c17-16(18,19)14-5-6-22(21-14)8-15(24)25-9-13(23)11-7-20-12-4-2-1-3-10(11)12/h1-7,20H,8-9H2. The van der Waals surface area contributed by atoms with Crippen LogP contribution < -0.4 is 0 Å². The lowest BCUT2D eigenvalue weighted by Gasteiger charge is -2.05. The van der Waals surface area contributed by atoms with E-state index in [0.717, 1.165) is 22.5 Å². The molecule has 9 heteroatoms. The number of halogens is 3. The number of carbonyl (C=O) groups excluding carboxylic acids is 2. The molecule has 0 aliphatic carbocycles. The van der Waals surface area contributed by atoms with Gasteiger partial charge in [0.15, 0.2) is 12.3 Å². The maximum atomic E-state index is 12.4. The molecule has 0 bridgehead atoms. The molecule has 0 unspecified atom stereocenters. The van der Waals surface area contributed by atoms with Crippen LogP contribution in [0.4, 0.5) is 13.2 Å². The molecule has 0 spiro atoms. The number of aromatic nitrogens is 3. The van der Waals surface area contributed by atoms with Gasteiger partial charge >= 0.3 is 12.1 Å². The fraction of sp³-hybridized carbons (Fsp3) is 0.188. The van der Waals surface area contributed by atoms with Gasteiger partial charge in [0, 0.05) is 28.9 Å². The second-order valence-corrected chi connectivity index (χ2v) is 5.23. The molecule has 3 aromatic rings. The fourth-order valence-corrected chi connectivity index (χ4v) is 2.30. The van der Waals surface area contributed by atoms with E-state index in [1.54, 1.807) is 18.2 Å². The summed E-state index contributed by atoms with van der Waals surface area (Å²) in [6.45, 7) is -1.02. The number of H-pyrrole nitrogens is 1. The van der Waals surface area contributed by atoms with Crippen LogP contribution in [-0.4, -0.2) is 33.1 Å². The topological polar surface area (TPSA) is 77.0 Å². The molecule has 130 valence electrons. The van der Waals surface area contributed by atoms with Crippen molar-refractivity contribution in [3.05, 3.63) is 54.0 Å². The Kier molecular flexibility index (Phi) is 4.30. The predicted octanol–water partition coefficient (Wildman–Crippen LogP) is 2.81. The van der Waals surface area contributed by atoms with Gasteiger partial charge in [-0.25, -0.2) is 0 Å². The number of aromatic amines is 1. The monoisotopic (exact) mass is 351 g/mol. The number of para-hydroxylation sites is 1. The molecular weight excluding hydrogens is 339 g/mol. The van der Waals surface area contributed by atoms with Gasteiger partial charge in [0.25, 0.3) is 0 Å². The summed E-state index contributed by atoms with van der Waals surface area (Å²) in [5, 5.41) is 3.94. The summed E-state index contributed by atoms with van der Waals surface area (Å²) in [5.41, 5.74) is 0.0467. The van der Waals surface area contributed by atoms with E-state index in [9.17, 15) is 22.8 Å². The molecule has 0 saturated heterocycles. The van der Waals surface area contributed by atoms with Crippen molar-refractivity contribution in [3.8, 4) is 0 Å². The Morgan fingerprint density at radius 1 is 1.20 bits per heavy atom. The van der Waals surface area contributed by atoms with Crippen LogP contribution >= 0.6 is 0 Å². The van der Waals surface area contributed by atoms with Gasteiger partial charge in [-0.2, -0.15) is 18.3 Å². The SMILES string of the molecule is O=C(Cn1ccc(C(F)(F)F)n1)OCC(=O)c1c[nH]c2ccccc12. The summed E-state index contributed by atoms with van der Waals surface area (Å²) in [6, 6.07) is 7.89. The van der Waals surface area contributed by atoms with E-state index in [1.807, 2.05) is 6.07 Å². The van der Waals surface area contributed by atoms with Crippen molar-refractivity contribution in [2.24, 2.45) is 0 Å². The molecule has 1 aromatic carbocycles. The number of ketones is 1. The number of fused-ring (bicyclic) bond motifs is 1. The number of nitrogens with zero attached hydrogens (tertiary/aromatic N) is 2. The predicted molar refractivity (Wildman–Crippen MR) is 80.8 cm³/mol. The summed E-state index contributed by atoms with van der Waals surface area (Å²) in [4.78, 5) is 26.8. The van der Waals surface area contributed by atoms with Crippen molar-refractivity contribution < 1.29 is 27.5 Å². The highest BCUT2D eigenvalue weighted by atomic mass is 19.4. The minimum Gasteiger partial charge on any atom is -0.456 e. The van der Waals surface area contributed by atoms with Crippen LogP contribution in [-0.2, 0) is 22.3 Å². The first-order chi connectivity index (χ1) is 11.8. The Morgan fingerprint density at radius 2 is 1.96 bits per heavy atom. The summed E-state index contributed by atoms with van der Waals surface area (Å²) < 4.78 is 43.0. The molecule has 0 aliphatic rings. The lowest BCUT2D eigenvalue weighted by molar-refractivity contribution is -0.145. The molecule has 0 aliphatic heterocycles. The van der Waals surface area contributed by atoms with E-state index in [4.69, 9.17) is 4.74 Å². The molecule has 0 saturated carbocycles. The van der Waals surface area contributed by atoms with E-state index in [2.05, 4.69) is 10.1 Å². The molecule has 1 N–H and O–H groups in total. The number of hydrogen-bond donors (Lipinski definition) is 1. The summed E-state index contributed by atoms with van der Waals surface area (Å²) in [6.07, 6.45) is -2.05. The maximum Gasteiger partial charge on any atom is 0.435 e. The van der Waals surface area contributed by atoms with Crippen molar-refractivity contribution in [2.45, 2.75) is 12.7 Å². The van der Waals surface area contributed by atoms with E-state index in [0.29, 0.717) is 10.9 Å². The third kappa shape index (κ3) is 3.70. The first-order valence-corrected chi connectivity index (χ1v) is 7.20. The van der Waals surface area contributed by atoms with Gasteiger partial charge in [-0.1, -0.05) is 18.2 Å². The highest BCUT2D eigenvalue weighted by molar-refractivity contribution is 6.08. The average molecular weight is 351 g/mol. The average Bonchev–Trinajstić information content (AvgIpc) is 3.19. The number of hydrogen-bond acceptors (Lipinski definition) is 4. The van der Waals surface area contributed by atoms with Gasteiger partial charge in [-0.15, -0.1) is 0 Å². The van der Waals surface area contributed by atoms with Gasteiger partial charge in [-0.05, 0) is 12.1 Å². The second kappa shape index (κ2) is 6.42. The number of Topliss-reactive ketones (excluding diaryl/α,β-unsaturated/α-hetero) is 1. The first-order valence-electron chi connectivity index (χ1n) is 7.20. The Balaban J connectivity index is 1.59. The van der Waals surface area contributed by atoms with E-state index >= 15 is 0 Å². The van der Waals surface area contributed by atoms with Crippen LogP contribution in [0.5, 0.6) is 0 Å². The molecule has 6 nitrogen and oxygen atoms in total. The zero-order valence-corrected chi connectivity index (χ0v) is 12.7. The van der Waals surface area contributed by atoms with Crippen LogP contribution in [0.25, 0.3) is 10.9 Å². The van der Waals surface area contributed by atoms with Crippen molar-refractivity contribution in [2.75, 3.05) is 6.61 Å². The van der Waals surface area contributed by atoms with Crippen molar-refractivity contribution in [3.63, 3.8) is 0 Å². The quantitative estimate of drug-likeness (QED) is 0.566. The lowest BCUT2D eigenvalue weighted by Crippen LogP contribution is -2.19. The molecule has 3 rings (SSSR count). The number of benzene rings is 1. The highest BCUT2D eigenvalue weighted by Gasteiger charge is 2.33. The van der Waals surface area contributed by atoms with Crippen LogP contribution in [0.1, 0.15) is 16.1 Å². The Hall–Kier alpha value is -3.10. The summed E-state index contributed by atoms with van der Waals surface area (Å²) >= 11 is 0. The van der Waals surface area contributed by atoms with Gasteiger partial charge in [0.05, 0.1) is 0 Å². The Bertz CT molecular complexity index is 927. The number of esters is 1. The van der Waals surface area contributed by atoms with E-state index in [1.165, 1.54) is 6.20 Å². The van der Waals surface area contributed by atoms with Crippen molar-refractivity contribution >= 4 is 22.7 Å². The molecule has 0 amide bonds. The minimum atomic E-state index is -4.58. The lowest BCUT2D eigenvalue weighted by atomic mass is 10.1. The smallest absolute Gasteiger partial charge is 0.435 e. The normalized spacial score (nSPS) is 11.6. The zero-order valence-electron chi connectivity index (χ0n) is 12.7. The van der Waals surface area contributed by atoms with Crippen LogP contribution in [0, 0.1) is 0 Å². The van der Waals surface area contributed by atoms with Gasteiger partial charge in [0.2, 0.25) is 5.78 Å². The van der Waals surface area contributed by atoms with Crippen molar-refractivity contribution in [1.82, 2.24) is 14.8 Å². The van der Waals surface area contributed by atoms with Crippen LogP contribution in [0.15, 0.2) is 42.7 Å². The molecular formula is C16H12F3N3O3. The third-order valence-corrected chi connectivity index (χ3v) is 3.48. The minimum absolute atomic E-state index is 0.377. The number of carbonyl (C=O) groups is 2. The molecule has 0 fully saturated rings. The Morgan fingerprint density at radius 3 is 2.68 bits per heavy atom. The van der Waals surface area contributed by atoms with Gasteiger partial charge in [0.1, 0.15) is 6.54 Å². The molecule has 0 atom stereocenters. The zero-order chi connectivity index (χ0) is 18.0. The molecule has 2 aromatic heterocycles. The maximum absolute atomic E-state index is 12.4. The largest absolute Gasteiger partial charge is 0.456 e. The summed E-state index contributed by atoms with van der Waals surface area (Å²) in [5.74, 6) is -1.27. The van der Waals surface area contributed by atoms with Crippen LogP contribution in [0.3, 0.4) is 0 Å². The highest BCUT2D eigenvalue weighted by Crippen LogP contribution is 2.27. The third-order valence-electron chi connectivity index (χ3n) is 3.48. The van der Waals surface area contributed by atoms with Gasteiger partial charge in [-0.3, -0.25) is 14.3 Å². The molecule has 0 radical (unpaired) electrons. The number of nitrogens with one attached hydrogen (secondary N) is 1. The van der Waals surface area contributed by atoms with Crippen LogP contribution in [0.2, 0.25) is 0 Å². The second-order valence-electron chi connectivity index (χ2n) is 5.23. The molecule has 25 heavy (non-hydrogen) atoms. The Labute approximate surface area is 139 Å². The van der Waals surface area contributed by atoms with Gasteiger partial charge < -0.3 is 9.72 Å². The summed E-state index contributed by atoms with van der Waals surface area (Å²) in [7, 11) is 0. The van der Waals surface area contributed by atoms with Crippen molar-refractivity contribution in [1.29, 1.82) is 0 Å². The number of alkyl halides is 3. The first kappa shape index (κ1) is 16.7. The number of ether oxygens (including phenoxy) is 1. The van der Waals surface area contributed by atoms with E-state index < -0.39 is 36.8 Å². The number of rotatable bonds is 5. The molecule has 2 heterocycles. The fourth-order valence-electron chi connectivity index (χ4n) is 2.30.